The van der Waals surface area contributed by atoms with Gasteiger partial charge in [-0.1, -0.05) is 0 Å². The standard InChI is InChI=1S/C12H16N4O2S/c1-9(10-2-4-14-5-3-10)16-19(17,18)12-6-11(7-13)15-8-12/h2-6,8-9,15-16H,7,13H2,1H3. The van der Waals surface area contributed by atoms with Gasteiger partial charge in [0.25, 0.3) is 0 Å². The van der Waals surface area contributed by atoms with Crippen molar-refractivity contribution < 1.29 is 8.42 Å². The molecule has 0 saturated heterocycles. The third kappa shape index (κ3) is 3.19. The molecule has 0 fully saturated rings. The van der Waals surface area contributed by atoms with Crippen LogP contribution in [0.2, 0.25) is 0 Å². The van der Waals surface area contributed by atoms with E-state index in [1.165, 1.54) is 12.3 Å². The molecule has 19 heavy (non-hydrogen) atoms. The lowest BCUT2D eigenvalue weighted by Crippen LogP contribution is -2.26. The third-order valence-corrected chi connectivity index (χ3v) is 4.30. The van der Waals surface area contributed by atoms with E-state index < -0.39 is 10.0 Å². The maximum atomic E-state index is 12.2. The Morgan fingerprint density at radius 1 is 1.42 bits per heavy atom. The molecular weight excluding hydrogens is 264 g/mol. The molecule has 2 aromatic heterocycles. The SMILES string of the molecule is CC(NS(=O)(=O)c1c[nH]c(CN)c1)c1ccncc1. The molecule has 2 aromatic rings. The first kappa shape index (κ1) is 13.7. The summed E-state index contributed by atoms with van der Waals surface area (Å²) in [4.78, 5) is 6.91. The van der Waals surface area contributed by atoms with Crippen LogP contribution < -0.4 is 10.5 Å². The molecule has 0 aliphatic carbocycles. The van der Waals surface area contributed by atoms with Crippen LogP contribution in [-0.4, -0.2) is 18.4 Å². The molecule has 102 valence electrons. The van der Waals surface area contributed by atoms with Crippen molar-refractivity contribution in [2.45, 2.75) is 24.4 Å². The zero-order valence-corrected chi connectivity index (χ0v) is 11.3. The smallest absolute Gasteiger partial charge is 0.242 e. The van der Waals surface area contributed by atoms with E-state index in [0.29, 0.717) is 5.69 Å². The zero-order chi connectivity index (χ0) is 13.9. The minimum atomic E-state index is -3.55. The first-order valence-electron chi connectivity index (χ1n) is 5.82. The number of rotatable bonds is 5. The maximum absolute atomic E-state index is 12.2. The number of H-pyrrole nitrogens is 1. The Morgan fingerprint density at radius 3 is 2.68 bits per heavy atom. The van der Waals surface area contributed by atoms with Crippen LogP contribution in [-0.2, 0) is 16.6 Å². The predicted molar refractivity (Wildman–Crippen MR) is 71.7 cm³/mol. The maximum Gasteiger partial charge on any atom is 0.242 e. The summed E-state index contributed by atoms with van der Waals surface area (Å²) in [6, 6.07) is 4.75. The third-order valence-electron chi connectivity index (χ3n) is 2.78. The molecule has 0 aliphatic heterocycles. The summed E-state index contributed by atoms with van der Waals surface area (Å²) in [5.74, 6) is 0. The Bertz CT molecular complexity index is 637. The number of pyridine rings is 1. The summed E-state index contributed by atoms with van der Waals surface area (Å²) >= 11 is 0. The van der Waals surface area contributed by atoms with Crippen LogP contribution in [0.1, 0.15) is 24.2 Å². The minimum Gasteiger partial charge on any atom is -0.363 e. The molecule has 4 N–H and O–H groups in total. The highest BCUT2D eigenvalue weighted by molar-refractivity contribution is 7.89. The molecule has 0 spiro atoms. The Labute approximate surface area is 112 Å². The van der Waals surface area contributed by atoms with E-state index in [0.717, 1.165) is 5.56 Å². The summed E-state index contributed by atoms with van der Waals surface area (Å²) in [5.41, 5.74) is 6.98. The van der Waals surface area contributed by atoms with Gasteiger partial charge in [-0.3, -0.25) is 4.98 Å². The molecule has 1 atom stereocenters. The first-order chi connectivity index (χ1) is 9.03. The van der Waals surface area contributed by atoms with Gasteiger partial charge in [-0.05, 0) is 30.7 Å². The van der Waals surface area contributed by atoms with Crippen LogP contribution in [0.3, 0.4) is 0 Å². The van der Waals surface area contributed by atoms with E-state index in [1.807, 2.05) is 0 Å². The van der Waals surface area contributed by atoms with E-state index in [1.54, 1.807) is 31.5 Å². The second-order valence-corrected chi connectivity index (χ2v) is 5.90. The van der Waals surface area contributed by atoms with Crippen molar-refractivity contribution in [3.63, 3.8) is 0 Å². The van der Waals surface area contributed by atoms with E-state index in [2.05, 4.69) is 14.7 Å². The molecule has 2 heterocycles. The Hall–Kier alpha value is -1.70. The minimum absolute atomic E-state index is 0.189. The molecule has 6 nitrogen and oxygen atoms in total. The van der Waals surface area contributed by atoms with Gasteiger partial charge in [0.1, 0.15) is 0 Å². The van der Waals surface area contributed by atoms with E-state index in [9.17, 15) is 8.42 Å². The van der Waals surface area contributed by atoms with Crippen LogP contribution in [0.25, 0.3) is 0 Å². The number of nitrogens with two attached hydrogens (primary N) is 1. The molecule has 0 amide bonds. The first-order valence-corrected chi connectivity index (χ1v) is 7.31. The summed E-state index contributed by atoms with van der Waals surface area (Å²) in [7, 11) is -3.55. The van der Waals surface area contributed by atoms with Crippen molar-refractivity contribution in [1.29, 1.82) is 0 Å². The molecule has 0 bridgehead atoms. The van der Waals surface area contributed by atoms with E-state index in [-0.39, 0.29) is 17.5 Å². The topological polar surface area (TPSA) is 101 Å². The lowest BCUT2D eigenvalue weighted by atomic mass is 10.1. The molecule has 0 aromatic carbocycles. The van der Waals surface area contributed by atoms with Gasteiger partial charge in [0.05, 0.1) is 4.90 Å². The van der Waals surface area contributed by atoms with Crippen molar-refractivity contribution in [1.82, 2.24) is 14.7 Å². The van der Waals surface area contributed by atoms with Crippen LogP contribution in [0.4, 0.5) is 0 Å². The summed E-state index contributed by atoms with van der Waals surface area (Å²) in [5, 5.41) is 0. The number of aromatic nitrogens is 2. The van der Waals surface area contributed by atoms with Crippen molar-refractivity contribution in [3.05, 3.63) is 48.0 Å². The van der Waals surface area contributed by atoms with Gasteiger partial charge in [-0.15, -0.1) is 0 Å². The van der Waals surface area contributed by atoms with Crippen LogP contribution in [0, 0.1) is 0 Å². The molecule has 1 unspecified atom stereocenters. The molecule has 7 heteroatoms. The summed E-state index contributed by atoms with van der Waals surface area (Å²) in [6.07, 6.45) is 4.69. The number of nitrogens with zero attached hydrogens (tertiary/aromatic N) is 1. The van der Waals surface area contributed by atoms with Crippen LogP contribution in [0.15, 0.2) is 41.7 Å². The quantitative estimate of drug-likeness (QED) is 0.757. The van der Waals surface area contributed by atoms with Gasteiger partial charge in [-0.2, -0.15) is 0 Å². The fourth-order valence-electron chi connectivity index (χ4n) is 1.71. The highest BCUT2D eigenvalue weighted by Crippen LogP contribution is 2.16. The lowest BCUT2D eigenvalue weighted by Gasteiger charge is -2.13. The molecule has 0 saturated carbocycles. The Kier molecular flexibility index (Phi) is 3.98. The van der Waals surface area contributed by atoms with Gasteiger partial charge >= 0.3 is 0 Å². The number of hydrogen-bond acceptors (Lipinski definition) is 4. The number of aromatic amines is 1. The normalized spacial score (nSPS) is 13.4. The fraction of sp³-hybridized carbons (Fsp3) is 0.250. The van der Waals surface area contributed by atoms with Gasteiger partial charge in [0.2, 0.25) is 10.0 Å². The Morgan fingerprint density at radius 2 is 2.11 bits per heavy atom. The predicted octanol–water partition coefficient (Wildman–Crippen LogP) is 0.908. The number of sulfonamides is 1. The van der Waals surface area contributed by atoms with E-state index in [4.69, 9.17) is 5.73 Å². The van der Waals surface area contributed by atoms with Crippen LogP contribution in [0.5, 0.6) is 0 Å². The van der Waals surface area contributed by atoms with Gasteiger partial charge in [0.15, 0.2) is 0 Å². The zero-order valence-electron chi connectivity index (χ0n) is 10.5. The van der Waals surface area contributed by atoms with E-state index >= 15 is 0 Å². The Balaban J connectivity index is 2.17. The monoisotopic (exact) mass is 280 g/mol. The average molecular weight is 280 g/mol. The molecule has 0 aliphatic rings. The van der Waals surface area contributed by atoms with Gasteiger partial charge in [0, 0.05) is 36.9 Å². The molecular formula is C12H16N4O2S. The summed E-state index contributed by atoms with van der Waals surface area (Å²) < 4.78 is 26.9. The number of nitrogens with one attached hydrogen (secondary N) is 2. The second-order valence-electron chi connectivity index (χ2n) is 4.19. The summed E-state index contributed by atoms with van der Waals surface area (Å²) in [6.45, 7) is 2.05. The molecule has 0 radical (unpaired) electrons. The molecule has 2 rings (SSSR count). The average Bonchev–Trinajstić information content (AvgIpc) is 2.89. The van der Waals surface area contributed by atoms with Crippen molar-refractivity contribution in [2.24, 2.45) is 5.73 Å². The second kappa shape index (κ2) is 5.52. The highest BCUT2D eigenvalue weighted by atomic mass is 32.2. The van der Waals surface area contributed by atoms with Gasteiger partial charge in [-0.25, -0.2) is 13.1 Å². The largest absolute Gasteiger partial charge is 0.363 e. The van der Waals surface area contributed by atoms with Crippen molar-refractivity contribution in [2.75, 3.05) is 0 Å². The van der Waals surface area contributed by atoms with Crippen molar-refractivity contribution >= 4 is 10.0 Å². The highest BCUT2D eigenvalue weighted by Gasteiger charge is 2.19. The van der Waals surface area contributed by atoms with Gasteiger partial charge < -0.3 is 10.7 Å². The number of hydrogen-bond donors (Lipinski definition) is 3. The van der Waals surface area contributed by atoms with Crippen LogP contribution >= 0.6 is 0 Å². The lowest BCUT2D eigenvalue weighted by molar-refractivity contribution is 0.567. The van der Waals surface area contributed by atoms with Crippen molar-refractivity contribution in [3.8, 4) is 0 Å². The fourth-order valence-corrected chi connectivity index (χ4v) is 2.96.